The van der Waals surface area contributed by atoms with E-state index in [1.165, 1.54) is 13.2 Å². The molecule has 0 fully saturated rings. The van der Waals surface area contributed by atoms with Crippen LogP contribution in [-0.4, -0.2) is 12.1 Å². The molecule has 0 saturated heterocycles. The lowest BCUT2D eigenvalue weighted by atomic mass is 10.1. The number of benzene rings is 1. The highest BCUT2D eigenvalue weighted by Gasteiger charge is 2.07. The van der Waals surface area contributed by atoms with Crippen molar-refractivity contribution in [3.8, 4) is 11.9 Å². The summed E-state index contributed by atoms with van der Waals surface area (Å²) in [6.45, 7) is 0.287. The highest BCUT2D eigenvalue weighted by atomic mass is 19.1. The molecule has 0 aliphatic carbocycles. The summed E-state index contributed by atoms with van der Waals surface area (Å²) in [5.41, 5.74) is 1.24. The molecule has 1 heterocycles. The molecule has 1 aromatic heterocycles. The van der Waals surface area contributed by atoms with E-state index in [1.54, 1.807) is 30.5 Å². The second kappa shape index (κ2) is 5.83. The van der Waals surface area contributed by atoms with Gasteiger partial charge in [0.25, 0.3) is 0 Å². The third-order valence-electron chi connectivity index (χ3n) is 2.63. The molecule has 0 radical (unpaired) electrons. The Morgan fingerprint density at radius 3 is 2.84 bits per heavy atom. The van der Waals surface area contributed by atoms with Crippen molar-refractivity contribution in [1.82, 2.24) is 4.98 Å². The van der Waals surface area contributed by atoms with Crippen LogP contribution in [0.1, 0.15) is 11.1 Å². The number of aromatic nitrogens is 1. The Bertz CT molecular complexity index is 605. The number of hydrogen-bond donors (Lipinski definition) is 1. The van der Waals surface area contributed by atoms with E-state index < -0.39 is 5.82 Å². The summed E-state index contributed by atoms with van der Waals surface area (Å²) >= 11 is 0. The van der Waals surface area contributed by atoms with E-state index in [1.807, 2.05) is 6.07 Å². The lowest BCUT2D eigenvalue weighted by Gasteiger charge is -2.08. The summed E-state index contributed by atoms with van der Waals surface area (Å²) < 4.78 is 18.7. The van der Waals surface area contributed by atoms with Gasteiger partial charge in [-0.3, -0.25) is 0 Å². The SMILES string of the molecule is COc1ccc(NCc2cccc(C#N)c2F)cn1. The minimum atomic E-state index is -0.487. The summed E-state index contributed by atoms with van der Waals surface area (Å²) in [6, 6.07) is 10.1. The van der Waals surface area contributed by atoms with E-state index >= 15 is 0 Å². The van der Waals surface area contributed by atoms with Crippen molar-refractivity contribution in [3.05, 3.63) is 53.5 Å². The molecule has 1 N–H and O–H groups in total. The maximum Gasteiger partial charge on any atom is 0.213 e. The first-order chi connectivity index (χ1) is 9.24. The molecule has 0 amide bonds. The molecular weight excluding hydrogens is 245 g/mol. The first kappa shape index (κ1) is 12.8. The van der Waals surface area contributed by atoms with E-state index in [9.17, 15) is 4.39 Å². The number of methoxy groups -OCH3 is 1. The van der Waals surface area contributed by atoms with Crippen molar-refractivity contribution in [1.29, 1.82) is 5.26 Å². The van der Waals surface area contributed by atoms with Gasteiger partial charge in [-0.05, 0) is 12.1 Å². The number of hydrogen-bond acceptors (Lipinski definition) is 4. The van der Waals surface area contributed by atoms with Gasteiger partial charge in [0.2, 0.25) is 5.88 Å². The number of nitrogens with one attached hydrogen (secondary N) is 1. The predicted molar refractivity (Wildman–Crippen MR) is 69.2 cm³/mol. The van der Waals surface area contributed by atoms with Crippen molar-refractivity contribution >= 4 is 5.69 Å². The zero-order valence-corrected chi connectivity index (χ0v) is 10.4. The molecular formula is C14H12FN3O. The Morgan fingerprint density at radius 1 is 1.37 bits per heavy atom. The van der Waals surface area contributed by atoms with Gasteiger partial charge in [0, 0.05) is 18.2 Å². The molecule has 0 aliphatic rings. The summed E-state index contributed by atoms with van der Waals surface area (Å²) in [4.78, 5) is 4.03. The predicted octanol–water partition coefficient (Wildman–Crippen LogP) is 2.71. The topological polar surface area (TPSA) is 57.9 Å². The maximum absolute atomic E-state index is 13.8. The zero-order valence-electron chi connectivity index (χ0n) is 10.4. The summed E-state index contributed by atoms with van der Waals surface area (Å²) in [7, 11) is 1.54. The normalized spacial score (nSPS) is 9.74. The second-order valence-corrected chi connectivity index (χ2v) is 3.83. The van der Waals surface area contributed by atoms with Crippen LogP contribution in [-0.2, 0) is 6.54 Å². The fourth-order valence-corrected chi connectivity index (χ4v) is 1.61. The molecule has 0 saturated carbocycles. The van der Waals surface area contributed by atoms with Gasteiger partial charge in [0.05, 0.1) is 24.6 Å². The van der Waals surface area contributed by atoms with Crippen LogP contribution in [0.25, 0.3) is 0 Å². The van der Waals surface area contributed by atoms with Crippen LogP contribution in [0.2, 0.25) is 0 Å². The fraction of sp³-hybridized carbons (Fsp3) is 0.143. The number of pyridine rings is 1. The van der Waals surface area contributed by atoms with E-state index in [0.717, 1.165) is 5.69 Å². The molecule has 5 heteroatoms. The van der Waals surface area contributed by atoms with Gasteiger partial charge in [-0.2, -0.15) is 5.26 Å². The van der Waals surface area contributed by atoms with Crippen molar-refractivity contribution in [3.63, 3.8) is 0 Å². The largest absolute Gasteiger partial charge is 0.481 e. The Morgan fingerprint density at radius 2 is 2.21 bits per heavy atom. The molecule has 1 aromatic carbocycles. The minimum Gasteiger partial charge on any atom is -0.481 e. The van der Waals surface area contributed by atoms with Gasteiger partial charge in [0.15, 0.2) is 0 Å². The number of ether oxygens (including phenoxy) is 1. The van der Waals surface area contributed by atoms with E-state index in [-0.39, 0.29) is 12.1 Å². The minimum absolute atomic E-state index is 0.0483. The van der Waals surface area contributed by atoms with Gasteiger partial charge in [-0.25, -0.2) is 9.37 Å². The lowest BCUT2D eigenvalue weighted by Crippen LogP contribution is -2.03. The third-order valence-corrected chi connectivity index (χ3v) is 2.63. The molecule has 2 rings (SSSR count). The van der Waals surface area contributed by atoms with Gasteiger partial charge < -0.3 is 10.1 Å². The van der Waals surface area contributed by atoms with Gasteiger partial charge in [-0.1, -0.05) is 12.1 Å². The summed E-state index contributed by atoms with van der Waals surface area (Å²) in [6.07, 6.45) is 1.60. The third kappa shape index (κ3) is 2.99. The molecule has 0 bridgehead atoms. The first-order valence-electron chi connectivity index (χ1n) is 5.66. The van der Waals surface area contributed by atoms with E-state index in [4.69, 9.17) is 10.00 Å². The highest BCUT2D eigenvalue weighted by Crippen LogP contribution is 2.15. The quantitative estimate of drug-likeness (QED) is 0.914. The van der Waals surface area contributed by atoms with Crippen LogP contribution in [0.3, 0.4) is 0 Å². The van der Waals surface area contributed by atoms with E-state index in [0.29, 0.717) is 11.4 Å². The number of anilines is 1. The van der Waals surface area contributed by atoms with Crippen LogP contribution < -0.4 is 10.1 Å². The molecule has 19 heavy (non-hydrogen) atoms. The smallest absolute Gasteiger partial charge is 0.213 e. The van der Waals surface area contributed by atoms with Crippen LogP contribution in [0, 0.1) is 17.1 Å². The highest BCUT2D eigenvalue weighted by molar-refractivity contribution is 5.44. The van der Waals surface area contributed by atoms with Crippen molar-refractivity contribution in [2.24, 2.45) is 0 Å². The van der Waals surface area contributed by atoms with Crippen LogP contribution >= 0.6 is 0 Å². The molecule has 0 aliphatic heterocycles. The molecule has 0 unspecified atom stereocenters. The average molecular weight is 257 g/mol. The van der Waals surface area contributed by atoms with Crippen LogP contribution in [0.15, 0.2) is 36.5 Å². The van der Waals surface area contributed by atoms with Crippen molar-refractivity contribution in [2.75, 3.05) is 12.4 Å². The second-order valence-electron chi connectivity index (χ2n) is 3.83. The Balaban J connectivity index is 2.08. The Kier molecular flexibility index (Phi) is 3.94. The maximum atomic E-state index is 13.8. The van der Waals surface area contributed by atoms with Crippen LogP contribution in [0.4, 0.5) is 10.1 Å². The standard InChI is InChI=1S/C14H12FN3O/c1-19-13-6-5-12(9-18-13)17-8-11-4-2-3-10(7-16)14(11)15/h2-6,9,17H,8H2,1H3. The number of rotatable bonds is 4. The molecule has 4 nitrogen and oxygen atoms in total. The molecule has 0 spiro atoms. The average Bonchev–Trinajstić information content (AvgIpc) is 2.47. The zero-order chi connectivity index (χ0) is 13.7. The lowest BCUT2D eigenvalue weighted by molar-refractivity contribution is 0.398. The fourth-order valence-electron chi connectivity index (χ4n) is 1.61. The number of halogens is 1. The van der Waals surface area contributed by atoms with Gasteiger partial charge in [-0.15, -0.1) is 0 Å². The van der Waals surface area contributed by atoms with Crippen molar-refractivity contribution < 1.29 is 9.13 Å². The number of nitrogens with zero attached hydrogens (tertiary/aromatic N) is 2. The molecule has 96 valence electrons. The van der Waals surface area contributed by atoms with E-state index in [2.05, 4.69) is 10.3 Å². The van der Waals surface area contributed by atoms with Gasteiger partial charge in [0.1, 0.15) is 11.9 Å². The first-order valence-corrected chi connectivity index (χ1v) is 5.66. The molecule has 0 atom stereocenters. The Hall–Kier alpha value is -2.61. The molecule has 2 aromatic rings. The van der Waals surface area contributed by atoms with Crippen molar-refractivity contribution in [2.45, 2.75) is 6.54 Å². The summed E-state index contributed by atoms with van der Waals surface area (Å²) in [5, 5.41) is 11.8. The monoisotopic (exact) mass is 257 g/mol. The van der Waals surface area contributed by atoms with Gasteiger partial charge >= 0.3 is 0 Å². The van der Waals surface area contributed by atoms with Crippen LogP contribution in [0.5, 0.6) is 5.88 Å². The Labute approximate surface area is 110 Å². The number of nitriles is 1. The summed E-state index contributed by atoms with van der Waals surface area (Å²) in [5.74, 6) is 0.0298.